The molecule has 1 atom stereocenters. The molecule has 0 aromatic heterocycles. The lowest BCUT2D eigenvalue weighted by Crippen LogP contribution is -2.33. The van der Waals surface area contributed by atoms with Crippen LogP contribution in [0.2, 0.25) is 0 Å². The van der Waals surface area contributed by atoms with E-state index >= 15 is 0 Å². The van der Waals surface area contributed by atoms with Gasteiger partial charge in [0.15, 0.2) is 18.1 Å². The van der Waals surface area contributed by atoms with Crippen molar-refractivity contribution in [2.24, 2.45) is 5.92 Å². The van der Waals surface area contributed by atoms with Gasteiger partial charge in [0, 0.05) is 13.1 Å². The quantitative estimate of drug-likeness (QED) is 0.878. The van der Waals surface area contributed by atoms with Crippen LogP contribution < -0.4 is 9.47 Å². The van der Waals surface area contributed by atoms with Gasteiger partial charge < -0.3 is 19.5 Å². The van der Waals surface area contributed by atoms with Gasteiger partial charge in [-0.05, 0) is 48.6 Å². The molecule has 0 spiro atoms. The number of carbonyl (C=O) groups excluding carboxylic acids is 1. The van der Waals surface area contributed by atoms with E-state index in [0.717, 1.165) is 25.9 Å². The highest BCUT2D eigenvalue weighted by atomic mass is 16.5. The largest absolute Gasteiger partial charge is 0.508 e. The van der Waals surface area contributed by atoms with Gasteiger partial charge in [-0.15, -0.1) is 0 Å². The van der Waals surface area contributed by atoms with Crippen LogP contribution in [0, 0.1) is 5.92 Å². The van der Waals surface area contributed by atoms with Crippen molar-refractivity contribution in [1.29, 1.82) is 0 Å². The van der Waals surface area contributed by atoms with Gasteiger partial charge in [0.05, 0.1) is 7.11 Å². The number of amides is 1. The molecule has 0 radical (unpaired) electrons. The van der Waals surface area contributed by atoms with Crippen LogP contribution in [0.15, 0.2) is 48.5 Å². The summed E-state index contributed by atoms with van der Waals surface area (Å²) in [4.78, 5) is 14.2. The summed E-state index contributed by atoms with van der Waals surface area (Å²) >= 11 is 0. The second kappa shape index (κ2) is 7.92. The number of methoxy groups -OCH3 is 1. The average Bonchev–Trinajstić information content (AvgIpc) is 3.10. The Balaban J connectivity index is 1.49. The zero-order chi connectivity index (χ0) is 17.6. The predicted octanol–water partition coefficient (Wildman–Crippen LogP) is 2.87. The summed E-state index contributed by atoms with van der Waals surface area (Å²) in [6.07, 6.45) is 1.90. The molecule has 1 amide bonds. The van der Waals surface area contributed by atoms with Gasteiger partial charge in [-0.3, -0.25) is 4.79 Å². The maximum absolute atomic E-state index is 12.4. The Hall–Kier alpha value is -2.69. The summed E-state index contributed by atoms with van der Waals surface area (Å²) in [6.45, 7) is 1.53. The highest BCUT2D eigenvalue weighted by molar-refractivity contribution is 5.78. The van der Waals surface area contributed by atoms with E-state index in [2.05, 4.69) is 0 Å². The lowest BCUT2D eigenvalue weighted by molar-refractivity contribution is -0.132. The molecule has 2 aromatic rings. The van der Waals surface area contributed by atoms with Crippen molar-refractivity contribution in [3.05, 3.63) is 54.1 Å². The van der Waals surface area contributed by atoms with E-state index in [0.29, 0.717) is 17.4 Å². The van der Waals surface area contributed by atoms with Crippen LogP contribution in [-0.4, -0.2) is 42.7 Å². The molecule has 5 nitrogen and oxygen atoms in total. The van der Waals surface area contributed by atoms with Crippen molar-refractivity contribution in [3.63, 3.8) is 0 Å². The lowest BCUT2D eigenvalue weighted by Gasteiger charge is -2.17. The SMILES string of the molecule is COc1ccccc1OCC(=O)N1CCC(Cc2ccc(O)cc2)C1. The highest BCUT2D eigenvalue weighted by Crippen LogP contribution is 2.26. The number of phenols is 1. The van der Waals surface area contributed by atoms with Gasteiger partial charge >= 0.3 is 0 Å². The summed E-state index contributed by atoms with van der Waals surface area (Å²) < 4.78 is 10.9. The zero-order valence-corrected chi connectivity index (χ0v) is 14.4. The van der Waals surface area contributed by atoms with Crippen LogP contribution in [0.1, 0.15) is 12.0 Å². The van der Waals surface area contributed by atoms with Gasteiger partial charge in [0.1, 0.15) is 5.75 Å². The molecule has 1 unspecified atom stereocenters. The van der Waals surface area contributed by atoms with Gasteiger partial charge in [0.2, 0.25) is 0 Å². The molecule has 1 N–H and O–H groups in total. The Bertz CT molecular complexity index is 714. The average molecular weight is 341 g/mol. The molecule has 1 fully saturated rings. The van der Waals surface area contributed by atoms with Crippen LogP contribution in [0.4, 0.5) is 0 Å². The van der Waals surface area contributed by atoms with E-state index < -0.39 is 0 Å². The number of nitrogens with zero attached hydrogens (tertiary/aromatic N) is 1. The van der Waals surface area contributed by atoms with Gasteiger partial charge in [-0.2, -0.15) is 0 Å². The molecule has 1 saturated heterocycles. The fourth-order valence-corrected chi connectivity index (χ4v) is 3.16. The normalized spacial score (nSPS) is 16.7. The Morgan fingerprint density at radius 1 is 1.16 bits per heavy atom. The second-order valence-corrected chi connectivity index (χ2v) is 6.30. The number of phenolic OH excluding ortho intramolecular Hbond substituents is 1. The molecule has 1 aliphatic rings. The summed E-state index contributed by atoms with van der Waals surface area (Å²) in [5.74, 6) is 1.93. The predicted molar refractivity (Wildman–Crippen MR) is 95.0 cm³/mol. The lowest BCUT2D eigenvalue weighted by atomic mass is 9.99. The molecular weight excluding hydrogens is 318 g/mol. The maximum atomic E-state index is 12.4. The van der Waals surface area contributed by atoms with E-state index in [9.17, 15) is 9.90 Å². The van der Waals surface area contributed by atoms with E-state index in [-0.39, 0.29) is 18.3 Å². The Labute approximate surface area is 147 Å². The van der Waals surface area contributed by atoms with Crippen molar-refractivity contribution in [1.82, 2.24) is 4.90 Å². The number of para-hydroxylation sites is 2. The molecule has 1 heterocycles. The number of benzene rings is 2. The second-order valence-electron chi connectivity index (χ2n) is 6.30. The Morgan fingerprint density at radius 3 is 2.60 bits per heavy atom. The molecule has 2 aromatic carbocycles. The molecule has 25 heavy (non-hydrogen) atoms. The molecule has 0 bridgehead atoms. The Morgan fingerprint density at radius 2 is 1.88 bits per heavy atom. The summed E-state index contributed by atoms with van der Waals surface area (Å²) in [6, 6.07) is 14.6. The summed E-state index contributed by atoms with van der Waals surface area (Å²) in [7, 11) is 1.58. The number of ether oxygens (including phenoxy) is 2. The van der Waals surface area contributed by atoms with E-state index in [1.165, 1.54) is 5.56 Å². The van der Waals surface area contributed by atoms with E-state index in [4.69, 9.17) is 9.47 Å². The first-order valence-corrected chi connectivity index (χ1v) is 8.47. The Kier molecular flexibility index (Phi) is 5.43. The van der Waals surface area contributed by atoms with Gasteiger partial charge in [-0.1, -0.05) is 24.3 Å². The number of carbonyl (C=O) groups is 1. The third kappa shape index (κ3) is 4.44. The smallest absolute Gasteiger partial charge is 0.260 e. The number of rotatable bonds is 6. The zero-order valence-electron chi connectivity index (χ0n) is 14.4. The first kappa shape index (κ1) is 17.1. The van der Waals surface area contributed by atoms with E-state index in [1.54, 1.807) is 25.3 Å². The van der Waals surface area contributed by atoms with Crippen molar-refractivity contribution in [3.8, 4) is 17.2 Å². The van der Waals surface area contributed by atoms with Gasteiger partial charge in [-0.25, -0.2) is 0 Å². The monoisotopic (exact) mass is 341 g/mol. The maximum Gasteiger partial charge on any atom is 0.260 e. The summed E-state index contributed by atoms with van der Waals surface area (Å²) in [5.41, 5.74) is 1.18. The van der Waals surface area contributed by atoms with E-state index in [1.807, 2.05) is 35.2 Å². The minimum Gasteiger partial charge on any atom is -0.508 e. The number of aromatic hydroxyl groups is 1. The van der Waals surface area contributed by atoms with Crippen LogP contribution in [0.25, 0.3) is 0 Å². The van der Waals surface area contributed by atoms with Crippen LogP contribution >= 0.6 is 0 Å². The fraction of sp³-hybridized carbons (Fsp3) is 0.350. The molecule has 5 heteroatoms. The molecule has 1 aliphatic heterocycles. The van der Waals surface area contributed by atoms with Crippen molar-refractivity contribution in [2.75, 3.05) is 26.8 Å². The minimum atomic E-state index is -0.000822. The van der Waals surface area contributed by atoms with Crippen LogP contribution in [0.5, 0.6) is 17.2 Å². The molecule has 0 aliphatic carbocycles. The third-order valence-electron chi connectivity index (χ3n) is 4.52. The minimum absolute atomic E-state index is 0.000822. The molecule has 3 rings (SSSR count). The standard InChI is InChI=1S/C20H23NO4/c1-24-18-4-2-3-5-19(18)25-14-20(23)21-11-10-16(13-21)12-15-6-8-17(22)9-7-15/h2-9,16,22H,10-14H2,1H3. The van der Waals surface area contributed by atoms with Crippen LogP contribution in [-0.2, 0) is 11.2 Å². The topological polar surface area (TPSA) is 59.0 Å². The summed E-state index contributed by atoms with van der Waals surface area (Å²) in [5, 5.41) is 9.35. The van der Waals surface area contributed by atoms with Crippen LogP contribution in [0.3, 0.4) is 0 Å². The first-order valence-electron chi connectivity index (χ1n) is 8.47. The fourth-order valence-electron chi connectivity index (χ4n) is 3.16. The molecule has 132 valence electrons. The number of likely N-dealkylation sites (tertiary alicyclic amines) is 1. The van der Waals surface area contributed by atoms with Crippen molar-refractivity contribution < 1.29 is 19.4 Å². The van der Waals surface area contributed by atoms with Crippen molar-refractivity contribution >= 4 is 5.91 Å². The van der Waals surface area contributed by atoms with Crippen molar-refractivity contribution in [2.45, 2.75) is 12.8 Å². The molecule has 0 saturated carbocycles. The first-order chi connectivity index (χ1) is 12.2. The molecular formula is C20H23NO4. The number of hydrogen-bond donors (Lipinski definition) is 1. The van der Waals surface area contributed by atoms with Gasteiger partial charge in [0.25, 0.3) is 5.91 Å². The third-order valence-corrected chi connectivity index (χ3v) is 4.52. The number of hydrogen-bond acceptors (Lipinski definition) is 4. The highest BCUT2D eigenvalue weighted by Gasteiger charge is 2.26.